The van der Waals surface area contributed by atoms with Gasteiger partial charge in [0, 0.05) is 12.6 Å². The molecule has 0 amide bonds. The molecule has 0 spiro atoms. The summed E-state index contributed by atoms with van der Waals surface area (Å²) in [4.78, 5) is 11.8. The van der Waals surface area contributed by atoms with Gasteiger partial charge in [0.1, 0.15) is 5.75 Å². The molecule has 1 saturated carbocycles. The van der Waals surface area contributed by atoms with Crippen LogP contribution < -0.4 is 10.0 Å². The maximum atomic E-state index is 11.8. The van der Waals surface area contributed by atoms with Gasteiger partial charge in [0.2, 0.25) is 10.0 Å². The Kier molecular flexibility index (Phi) is 9.50. The number of carbonyl (C=O) groups is 1. The zero-order chi connectivity index (χ0) is 25.4. The number of carbonyl (C=O) groups excluding carboxylic acids is 1. The van der Waals surface area contributed by atoms with Crippen molar-refractivity contribution in [1.29, 1.82) is 0 Å². The Morgan fingerprint density at radius 3 is 2.43 bits per heavy atom. The van der Waals surface area contributed by atoms with Crippen molar-refractivity contribution in [3.05, 3.63) is 59.2 Å². The molecule has 0 saturated heterocycles. The number of aromatic hydroxyl groups is 1. The molecule has 35 heavy (non-hydrogen) atoms. The summed E-state index contributed by atoms with van der Waals surface area (Å²) in [6, 6.07) is 12.4. The number of aliphatic hydroxyl groups excluding tert-OH is 1. The number of hydrogen-bond donors (Lipinski definition) is 4. The van der Waals surface area contributed by atoms with Crippen molar-refractivity contribution in [1.82, 2.24) is 5.32 Å². The highest BCUT2D eigenvalue weighted by Crippen LogP contribution is 2.33. The second kappa shape index (κ2) is 12.3. The first-order chi connectivity index (χ1) is 16.6. The number of phenolic OH excluding ortho intramolecular Hbond substituents is 1. The van der Waals surface area contributed by atoms with E-state index < -0.39 is 16.3 Å². The zero-order valence-corrected chi connectivity index (χ0v) is 20.9. The van der Waals surface area contributed by atoms with Crippen molar-refractivity contribution in [2.24, 2.45) is 0 Å². The first kappa shape index (κ1) is 26.9. The molecule has 10 heteroatoms. The first-order valence-corrected chi connectivity index (χ1v) is 13.6. The van der Waals surface area contributed by atoms with E-state index in [-0.39, 0.29) is 36.6 Å². The van der Waals surface area contributed by atoms with E-state index >= 15 is 0 Å². The summed E-state index contributed by atoms with van der Waals surface area (Å²) in [6.45, 7) is 2.49. The van der Waals surface area contributed by atoms with Gasteiger partial charge in [-0.25, -0.2) is 13.2 Å². The average Bonchev–Trinajstić information content (AvgIpc) is 2.83. The van der Waals surface area contributed by atoms with Gasteiger partial charge in [0.25, 0.3) is 0 Å². The molecule has 0 bridgehead atoms. The topological polar surface area (TPSA) is 134 Å². The third-order valence-corrected chi connectivity index (χ3v) is 6.59. The summed E-state index contributed by atoms with van der Waals surface area (Å²) in [5.74, 6) is -0.0502. The lowest BCUT2D eigenvalue weighted by atomic mass is 9.81. The molecule has 0 radical (unpaired) electrons. The number of hydrogen-bond acceptors (Lipinski definition) is 8. The molecule has 0 heterocycles. The Morgan fingerprint density at radius 2 is 1.80 bits per heavy atom. The number of benzene rings is 2. The fourth-order valence-corrected chi connectivity index (χ4v) is 4.77. The van der Waals surface area contributed by atoms with Crippen molar-refractivity contribution < 1.29 is 32.9 Å². The standard InChI is InChI=1S/C25H34N2O7S/c1-3-33-25(30)20-7-5-18(6-8-20)19-9-11-21(12-10-19)26-15-24(29)34-16-17-4-13-23(28)22(14-17)27-35(2,31)32/h4-8,13-14,19,21,24,26-29H,3,9-12,15-16H2,1-2H3/t19-,21-,24?. The van der Waals surface area contributed by atoms with Crippen LogP contribution in [-0.4, -0.2) is 56.3 Å². The van der Waals surface area contributed by atoms with Crippen LogP contribution in [0.25, 0.3) is 0 Å². The smallest absolute Gasteiger partial charge is 0.338 e. The lowest BCUT2D eigenvalue weighted by Gasteiger charge is -2.30. The van der Waals surface area contributed by atoms with Crippen molar-refractivity contribution in [3.8, 4) is 5.75 Å². The maximum absolute atomic E-state index is 11.8. The summed E-state index contributed by atoms with van der Waals surface area (Å²) in [5.41, 5.74) is 2.46. The van der Waals surface area contributed by atoms with Crippen LogP contribution in [0.2, 0.25) is 0 Å². The Hall–Kier alpha value is -2.66. The molecule has 192 valence electrons. The third-order valence-electron chi connectivity index (χ3n) is 6.00. The molecule has 1 unspecified atom stereocenters. The van der Waals surface area contributed by atoms with Gasteiger partial charge in [0.05, 0.1) is 30.7 Å². The molecule has 1 aliphatic rings. The van der Waals surface area contributed by atoms with Crippen LogP contribution in [0.15, 0.2) is 42.5 Å². The number of nitrogens with one attached hydrogen (secondary N) is 2. The summed E-state index contributed by atoms with van der Waals surface area (Å²) >= 11 is 0. The quantitative estimate of drug-likeness (QED) is 0.208. The van der Waals surface area contributed by atoms with Crippen LogP contribution in [-0.2, 0) is 26.1 Å². The van der Waals surface area contributed by atoms with Crippen molar-refractivity contribution in [2.45, 2.75) is 57.5 Å². The van der Waals surface area contributed by atoms with E-state index in [9.17, 15) is 23.4 Å². The normalized spacial score (nSPS) is 19.2. The molecule has 1 aliphatic carbocycles. The number of esters is 1. The summed E-state index contributed by atoms with van der Waals surface area (Å²) in [5, 5.41) is 23.4. The Balaban J connectivity index is 1.40. The summed E-state index contributed by atoms with van der Waals surface area (Å²) in [6.07, 6.45) is 3.93. The number of sulfonamides is 1. The van der Waals surface area contributed by atoms with E-state index in [2.05, 4.69) is 10.0 Å². The molecule has 9 nitrogen and oxygen atoms in total. The molecule has 2 aromatic rings. The molecule has 0 aromatic heterocycles. The number of phenols is 1. The zero-order valence-electron chi connectivity index (χ0n) is 20.1. The number of anilines is 1. The Labute approximate surface area is 206 Å². The van der Waals surface area contributed by atoms with Crippen molar-refractivity contribution in [2.75, 3.05) is 24.1 Å². The minimum absolute atomic E-state index is 0.0634. The fraction of sp³-hybridized carbons (Fsp3) is 0.480. The second-order valence-corrected chi connectivity index (χ2v) is 10.5. The minimum Gasteiger partial charge on any atom is -0.506 e. The predicted molar refractivity (Wildman–Crippen MR) is 133 cm³/mol. The number of aliphatic hydroxyl groups is 1. The number of rotatable bonds is 11. The lowest BCUT2D eigenvalue weighted by Crippen LogP contribution is -2.38. The lowest BCUT2D eigenvalue weighted by molar-refractivity contribution is -0.106. The molecular weight excluding hydrogens is 472 g/mol. The van der Waals surface area contributed by atoms with Crippen LogP contribution in [0.5, 0.6) is 5.75 Å². The second-order valence-electron chi connectivity index (χ2n) is 8.79. The van der Waals surface area contributed by atoms with Gasteiger partial charge in [-0.15, -0.1) is 0 Å². The van der Waals surface area contributed by atoms with E-state index in [4.69, 9.17) is 9.47 Å². The summed E-state index contributed by atoms with van der Waals surface area (Å²) < 4.78 is 35.6. The van der Waals surface area contributed by atoms with Gasteiger partial charge in [-0.2, -0.15) is 0 Å². The Bertz CT molecular complexity index is 1080. The molecule has 1 atom stereocenters. The van der Waals surface area contributed by atoms with Gasteiger partial charge in [0.15, 0.2) is 6.29 Å². The van der Waals surface area contributed by atoms with E-state index in [0.717, 1.165) is 31.9 Å². The number of ether oxygens (including phenoxy) is 2. The summed E-state index contributed by atoms with van der Waals surface area (Å²) in [7, 11) is -3.53. The van der Waals surface area contributed by atoms with E-state index in [1.807, 2.05) is 24.3 Å². The van der Waals surface area contributed by atoms with Crippen LogP contribution in [0.3, 0.4) is 0 Å². The molecule has 2 aromatic carbocycles. The monoisotopic (exact) mass is 506 g/mol. The fourth-order valence-electron chi connectivity index (χ4n) is 4.21. The van der Waals surface area contributed by atoms with Gasteiger partial charge >= 0.3 is 5.97 Å². The minimum atomic E-state index is -3.53. The highest BCUT2D eigenvalue weighted by Gasteiger charge is 2.23. The van der Waals surface area contributed by atoms with Crippen molar-refractivity contribution in [3.63, 3.8) is 0 Å². The van der Waals surface area contributed by atoms with Crippen LogP contribution in [0, 0.1) is 0 Å². The largest absolute Gasteiger partial charge is 0.506 e. The van der Waals surface area contributed by atoms with E-state index in [0.29, 0.717) is 23.7 Å². The maximum Gasteiger partial charge on any atom is 0.338 e. The van der Waals surface area contributed by atoms with E-state index in [1.54, 1.807) is 13.0 Å². The third kappa shape index (κ3) is 8.50. The van der Waals surface area contributed by atoms with Crippen LogP contribution in [0.4, 0.5) is 5.69 Å². The molecule has 3 rings (SSSR count). The van der Waals surface area contributed by atoms with Gasteiger partial charge in [-0.1, -0.05) is 18.2 Å². The van der Waals surface area contributed by atoms with Crippen molar-refractivity contribution >= 4 is 21.7 Å². The SMILES string of the molecule is CCOC(=O)c1ccc([C@H]2CC[C@H](NCC(O)OCc3ccc(O)c(NS(C)(=O)=O)c3)CC2)cc1. The van der Waals surface area contributed by atoms with Crippen LogP contribution in [0.1, 0.15) is 60.0 Å². The highest BCUT2D eigenvalue weighted by molar-refractivity contribution is 7.92. The van der Waals surface area contributed by atoms with Crippen LogP contribution >= 0.6 is 0 Å². The van der Waals surface area contributed by atoms with Gasteiger partial charge < -0.3 is 25.0 Å². The predicted octanol–water partition coefficient (Wildman–Crippen LogP) is 3.09. The van der Waals surface area contributed by atoms with Gasteiger partial charge in [-0.05, 0) is 73.9 Å². The molecule has 4 N–H and O–H groups in total. The molecule has 1 fully saturated rings. The average molecular weight is 507 g/mol. The first-order valence-electron chi connectivity index (χ1n) is 11.7. The molecule has 0 aliphatic heterocycles. The Morgan fingerprint density at radius 1 is 1.11 bits per heavy atom. The van der Waals surface area contributed by atoms with Gasteiger partial charge in [-0.3, -0.25) is 4.72 Å². The molecular formula is C25H34N2O7S. The highest BCUT2D eigenvalue weighted by atomic mass is 32.2. The van der Waals surface area contributed by atoms with E-state index in [1.165, 1.54) is 17.7 Å².